The topological polar surface area (TPSA) is 179 Å². The molecule has 3 aromatic rings. The van der Waals surface area contributed by atoms with Crippen molar-refractivity contribution in [2.75, 3.05) is 0 Å². The number of nitrogens with one attached hydrogen (secondary N) is 3. The second-order valence-electron chi connectivity index (χ2n) is 5.04. The number of hydrogen-bond donors (Lipinski definition) is 4. The Morgan fingerprint density at radius 2 is 1.84 bits per heavy atom. The summed E-state index contributed by atoms with van der Waals surface area (Å²) in [6.07, 6.45) is 0.895. The molecule has 0 spiro atoms. The highest BCUT2D eigenvalue weighted by Gasteiger charge is 2.17. The van der Waals surface area contributed by atoms with Crippen molar-refractivity contribution in [3.63, 3.8) is 0 Å². The molecule has 0 unspecified atom stereocenters. The number of nitro groups is 1. The van der Waals surface area contributed by atoms with Crippen molar-refractivity contribution in [3.8, 4) is 5.88 Å². The summed E-state index contributed by atoms with van der Waals surface area (Å²) in [7, 11) is 1.23. The standard InChI is InChI=1S/C13H10N6O6/c1-18-11(21)5(10(20)17-13(18)23)4-14-8-2-6-7(16-12(22)15-6)3-9(8)19(24)25/h2-4,21H,1H3,(H2,15,16,22)(H,17,20,23). The summed E-state index contributed by atoms with van der Waals surface area (Å²) in [5, 5.41) is 21.0. The maximum atomic E-state index is 11.8. The van der Waals surface area contributed by atoms with Crippen LogP contribution in [0.4, 0.5) is 11.4 Å². The van der Waals surface area contributed by atoms with Crippen LogP contribution in [0.3, 0.4) is 0 Å². The van der Waals surface area contributed by atoms with Crippen LogP contribution in [0.2, 0.25) is 0 Å². The van der Waals surface area contributed by atoms with Crippen LogP contribution >= 0.6 is 0 Å². The number of fused-ring (bicyclic) bond motifs is 1. The monoisotopic (exact) mass is 346 g/mol. The Balaban J connectivity index is 2.19. The highest BCUT2D eigenvalue weighted by atomic mass is 16.6. The maximum absolute atomic E-state index is 11.8. The quantitative estimate of drug-likeness (QED) is 0.285. The van der Waals surface area contributed by atoms with Gasteiger partial charge in [-0.15, -0.1) is 0 Å². The molecule has 12 heteroatoms. The number of aliphatic imine (C=N–C) groups is 1. The lowest BCUT2D eigenvalue weighted by Crippen LogP contribution is -2.30. The first kappa shape index (κ1) is 15.9. The molecule has 0 atom stereocenters. The van der Waals surface area contributed by atoms with Gasteiger partial charge in [0.15, 0.2) is 0 Å². The van der Waals surface area contributed by atoms with E-state index in [0.29, 0.717) is 0 Å². The highest BCUT2D eigenvalue weighted by Crippen LogP contribution is 2.30. The minimum Gasteiger partial charge on any atom is -0.494 e. The summed E-state index contributed by atoms with van der Waals surface area (Å²) in [5.74, 6) is -0.642. The third-order valence-electron chi connectivity index (χ3n) is 3.47. The molecule has 0 aliphatic rings. The van der Waals surface area contributed by atoms with Gasteiger partial charge in [-0.2, -0.15) is 0 Å². The lowest BCUT2D eigenvalue weighted by molar-refractivity contribution is -0.383. The number of aromatic nitrogens is 4. The second kappa shape index (κ2) is 5.59. The summed E-state index contributed by atoms with van der Waals surface area (Å²) in [5.41, 5.74) is -2.68. The van der Waals surface area contributed by atoms with Crippen LogP contribution in [0, 0.1) is 10.1 Å². The number of imidazole rings is 1. The van der Waals surface area contributed by atoms with Gasteiger partial charge in [0.1, 0.15) is 11.3 Å². The molecule has 2 heterocycles. The summed E-state index contributed by atoms with van der Waals surface area (Å²) >= 11 is 0. The average Bonchev–Trinajstić information content (AvgIpc) is 2.90. The first-order chi connectivity index (χ1) is 11.8. The number of nitrogens with zero attached hydrogens (tertiary/aromatic N) is 3. The molecule has 0 radical (unpaired) electrons. The van der Waals surface area contributed by atoms with Crippen LogP contribution in [-0.4, -0.2) is 35.8 Å². The Labute approximate surface area is 136 Å². The molecule has 3 rings (SSSR count). The Morgan fingerprint density at radius 3 is 2.48 bits per heavy atom. The smallest absolute Gasteiger partial charge is 0.330 e. The number of aromatic amines is 3. The van der Waals surface area contributed by atoms with E-state index >= 15 is 0 Å². The van der Waals surface area contributed by atoms with E-state index in [1.807, 2.05) is 4.98 Å². The first-order valence-corrected chi connectivity index (χ1v) is 6.74. The predicted octanol–water partition coefficient (Wildman–Crippen LogP) is -0.392. The van der Waals surface area contributed by atoms with Crippen molar-refractivity contribution in [1.82, 2.24) is 19.5 Å². The van der Waals surface area contributed by atoms with Gasteiger partial charge < -0.3 is 15.1 Å². The highest BCUT2D eigenvalue weighted by molar-refractivity contribution is 5.89. The van der Waals surface area contributed by atoms with Crippen molar-refractivity contribution >= 4 is 28.6 Å². The molecule has 0 saturated heterocycles. The van der Waals surface area contributed by atoms with Gasteiger partial charge in [0, 0.05) is 19.3 Å². The van der Waals surface area contributed by atoms with Gasteiger partial charge in [0.2, 0.25) is 5.88 Å². The molecule has 0 bridgehead atoms. The summed E-state index contributed by atoms with van der Waals surface area (Å²) in [6.45, 7) is 0. The fourth-order valence-corrected chi connectivity index (χ4v) is 2.19. The van der Waals surface area contributed by atoms with Crippen molar-refractivity contribution in [3.05, 3.63) is 59.1 Å². The Hall–Kier alpha value is -3.96. The van der Waals surface area contributed by atoms with E-state index in [2.05, 4.69) is 15.0 Å². The van der Waals surface area contributed by atoms with Crippen LogP contribution in [-0.2, 0) is 7.05 Å². The van der Waals surface area contributed by atoms with E-state index in [0.717, 1.165) is 16.8 Å². The van der Waals surface area contributed by atoms with Crippen LogP contribution in [0.25, 0.3) is 11.0 Å². The minimum absolute atomic E-state index is 0.152. The molecule has 128 valence electrons. The number of rotatable bonds is 3. The molecular weight excluding hydrogens is 336 g/mol. The predicted molar refractivity (Wildman–Crippen MR) is 86.8 cm³/mol. The molecule has 0 aliphatic carbocycles. The van der Waals surface area contributed by atoms with Crippen LogP contribution < -0.4 is 16.9 Å². The largest absolute Gasteiger partial charge is 0.494 e. The SMILES string of the molecule is Cn1c(O)c(C=Nc2cc3[nH]c(=O)[nH]c3cc2[N+](=O)[O-])c(=O)[nH]c1=O. The van der Waals surface area contributed by atoms with Crippen molar-refractivity contribution in [1.29, 1.82) is 0 Å². The molecule has 0 aliphatic heterocycles. The van der Waals surface area contributed by atoms with Gasteiger partial charge >= 0.3 is 11.4 Å². The van der Waals surface area contributed by atoms with Gasteiger partial charge in [0.25, 0.3) is 11.2 Å². The first-order valence-electron chi connectivity index (χ1n) is 6.74. The van der Waals surface area contributed by atoms with E-state index in [1.54, 1.807) is 0 Å². The van der Waals surface area contributed by atoms with Gasteiger partial charge in [-0.25, -0.2) is 14.6 Å². The number of benzene rings is 1. The number of hydrogen-bond acceptors (Lipinski definition) is 7. The third-order valence-corrected chi connectivity index (χ3v) is 3.47. The van der Waals surface area contributed by atoms with Crippen LogP contribution in [0.5, 0.6) is 5.88 Å². The van der Waals surface area contributed by atoms with Gasteiger partial charge in [0.05, 0.1) is 16.0 Å². The molecular formula is C13H10N6O6. The van der Waals surface area contributed by atoms with Gasteiger partial charge in [-0.1, -0.05) is 0 Å². The number of aromatic hydroxyl groups is 1. The maximum Gasteiger partial charge on any atom is 0.330 e. The summed E-state index contributed by atoms with van der Waals surface area (Å²) < 4.78 is 0.782. The Morgan fingerprint density at radius 1 is 1.20 bits per heavy atom. The molecule has 1 aromatic carbocycles. The number of nitro benzene ring substituents is 1. The van der Waals surface area contributed by atoms with Crippen molar-refractivity contribution in [2.45, 2.75) is 0 Å². The summed E-state index contributed by atoms with van der Waals surface area (Å²) in [6, 6.07) is 2.36. The molecule has 0 saturated carbocycles. The Bertz CT molecular complexity index is 1210. The van der Waals surface area contributed by atoms with Gasteiger partial charge in [-0.3, -0.25) is 24.5 Å². The van der Waals surface area contributed by atoms with E-state index in [-0.39, 0.29) is 22.3 Å². The number of H-pyrrole nitrogens is 3. The fourth-order valence-electron chi connectivity index (χ4n) is 2.19. The zero-order valence-electron chi connectivity index (χ0n) is 12.6. The molecule has 2 aromatic heterocycles. The third kappa shape index (κ3) is 2.71. The van der Waals surface area contributed by atoms with Crippen LogP contribution in [0.1, 0.15) is 5.56 Å². The van der Waals surface area contributed by atoms with Crippen molar-refractivity contribution < 1.29 is 10.0 Å². The lowest BCUT2D eigenvalue weighted by Gasteiger charge is -2.03. The van der Waals surface area contributed by atoms with E-state index in [9.17, 15) is 29.6 Å². The minimum atomic E-state index is -0.900. The van der Waals surface area contributed by atoms with E-state index in [1.165, 1.54) is 13.1 Å². The molecule has 25 heavy (non-hydrogen) atoms. The second-order valence-corrected chi connectivity index (χ2v) is 5.04. The summed E-state index contributed by atoms with van der Waals surface area (Å²) in [4.78, 5) is 55.5. The molecule has 4 N–H and O–H groups in total. The normalized spacial score (nSPS) is 11.4. The van der Waals surface area contributed by atoms with Crippen molar-refractivity contribution in [2.24, 2.45) is 12.0 Å². The van der Waals surface area contributed by atoms with Gasteiger partial charge in [-0.05, 0) is 6.07 Å². The zero-order chi connectivity index (χ0) is 18.3. The zero-order valence-corrected chi connectivity index (χ0v) is 12.6. The van der Waals surface area contributed by atoms with E-state index in [4.69, 9.17) is 0 Å². The molecule has 0 fully saturated rings. The average molecular weight is 346 g/mol. The molecule has 12 nitrogen and oxygen atoms in total. The Kier molecular flexibility index (Phi) is 3.56. The van der Waals surface area contributed by atoms with Crippen LogP contribution in [0.15, 0.2) is 31.5 Å². The lowest BCUT2D eigenvalue weighted by atomic mass is 10.2. The van der Waals surface area contributed by atoms with E-state index < -0.39 is 33.4 Å². The fraction of sp³-hybridized carbons (Fsp3) is 0.0769. The molecule has 0 amide bonds.